The maximum Gasteiger partial charge on any atom is 0.0158 e. The van der Waals surface area contributed by atoms with Gasteiger partial charge in [0.2, 0.25) is 0 Å². The summed E-state index contributed by atoms with van der Waals surface area (Å²) >= 11 is 1.86. The Morgan fingerprint density at radius 2 is 2.08 bits per heavy atom. The van der Waals surface area contributed by atoms with E-state index in [0.717, 1.165) is 5.75 Å². The van der Waals surface area contributed by atoms with Gasteiger partial charge < -0.3 is 0 Å². The second-order valence-electron chi connectivity index (χ2n) is 3.29. The highest BCUT2D eigenvalue weighted by Crippen LogP contribution is 2.27. The monoisotopic (exact) mass is 192 g/mol. The van der Waals surface area contributed by atoms with Crippen molar-refractivity contribution < 1.29 is 0 Å². The lowest BCUT2D eigenvalue weighted by Crippen LogP contribution is -1.90. The van der Waals surface area contributed by atoms with Crippen LogP contribution in [0.3, 0.4) is 0 Å². The Labute approximate surface area is 85.1 Å². The van der Waals surface area contributed by atoms with Crippen molar-refractivity contribution in [2.75, 3.05) is 5.75 Å². The van der Waals surface area contributed by atoms with Crippen molar-refractivity contribution >= 4 is 11.8 Å². The Morgan fingerprint density at radius 1 is 1.38 bits per heavy atom. The van der Waals surface area contributed by atoms with Crippen molar-refractivity contribution in [3.05, 3.63) is 42.5 Å². The highest BCUT2D eigenvalue weighted by molar-refractivity contribution is 7.99. The molecule has 0 saturated heterocycles. The van der Waals surface area contributed by atoms with Gasteiger partial charge in [-0.2, -0.15) is 0 Å². The Kier molecular flexibility index (Phi) is 4.10. The molecule has 0 heterocycles. The van der Waals surface area contributed by atoms with E-state index in [4.69, 9.17) is 0 Å². The zero-order chi connectivity index (χ0) is 9.68. The predicted molar refractivity (Wildman–Crippen MR) is 61.5 cm³/mol. The lowest BCUT2D eigenvalue weighted by molar-refractivity contribution is 0.842. The van der Waals surface area contributed by atoms with Gasteiger partial charge in [0.15, 0.2) is 0 Å². The molecular weight excluding hydrogens is 176 g/mol. The minimum Gasteiger partial charge on any atom is -0.122 e. The topological polar surface area (TPSA) is 0 Å². The molecule has 0 atom stereocenters. The van der Waals surface area contributed by atoms with Crippen molar-refractivity contribution in [2.45, 2.75) is 24.7 Å². The van der Waals surface area contributed by atoms with E-state index in [0.29, 0.717) is 5.92 Å². The minimum absolute atomic E-state index is 0.605. The quantitative estimate of drug-likeness (QED) is 0.511. The van der Waals surface area contributed by atoms with Crippen LogP contribution in [0, 0.1) is 0 Å². The summed E-state index contributed by atoms with van der Waals surface area (Å²) in [5.41, 5.74) is 1.44. The molecule has 0 aromatic heterocycles. The molecule has 0 unspecified atom stereocenters. The molecule has 1 rings (SSSR count). The Morgan fingerprint density at radius 3 is 2.69 bits per heavy atom. The van der Waals surface area contributed by atoms with Gasteiger partial charge in [0.05, 0.1) is 0 Å². The van der Waals surface area contributed by atoms with Gasteiger partial charge in [0.25, 0.3) is 0 Å². The fraction of sp³-hybridized carbons (Fsp3) is 0.333. The van der Waals surface area contributed by atoms with Crippen LogP contribution in [0.2, 0.25) is 0 Å². The molecule has 0 nitrogen and oxygen atoms in total. The third-order valence-corrected chi connectivity index (χ3v) is 2.98. The van der Waals surface area contributed by atoms with Gasteiger partial charge in [-0.25, -0.2) is 0 Å². The van der Waals surface area contributed by atoms with Crippen LogP contribution in [-0.4, -0.2) is 5.75 Å². The zero-order valence-electron chi connectivity index (χ0n) is 8.29. The average molecular weight is 192 g/mol. The van der Waals surface area contributed by atoms with Crippen molar-refractivity contribution in [1.29, 1.82) is 0 Å². The summed E-state index contributed by atoms with van der Waals surface area (Å²) in [6, 6.07) is 8.59. The molecule has 0 aliphatic heterocycles. The molecule has 0 fully saturated rings. The first kappa shape index (κ1) is 10.4. The smallest absolute Gasteiger partial charge is 0.0158 e. The van der Waals surface area contributed by atoms with E-state index in [1.165, 1.54) is 10.5 Å². The van der Waals surface area contributed by atoms with E-state index >= 15 is 0 Å². The van der Waals surface area contributed by atoms with E-state index in [2.05, 4.69) is 44.7 Å². The third-order valence-electron chi connectivity index (χ3n) is 1.90. The minimum atomic E-state index is 0.605. The molecule has 0 spiro atoms. The molecule has 0 amide bonds. The standard InChI is InChI=1S/C12H16S/c1-4-9-13-12-8-6-5-7-11(12)10(2)3/h4-8,10H,1,9H2,2-3H3. The molecule has 1 aromatic rings. The maximum atomic E-state index is 3.73. The van der Waals surface area contributed by atoms with Gasteiger partial charge in [-0.15, -0.1) is 18.3 Å². The second-order valence-corrected chi connectivity index (χ2v) is 4.35. The lowest BCUT2D eigenvalue weighted by Gasteiger charge is -2.10. The van der Waals surface area contributed by atoms with Gasteiger partial charge in [-0.3, -0.25) is 0 Å². The second kappa shape index (κ2) is 5.13. The highest BCUT2D eigenvalue weighted by Gasteiger charge is 2.04. The van der Waals surface area contributed by atoms with Gasteiger partial charge in [0.1, 0.15) is 0 Å². The Hall–Kier alpha value is -0.690. The van der Waals surface area contributed by atoms with E-state index in [1.54, 1.807) is 0 Å². The van der Waals surface area contributed by atoms with Gasteiger partial charge in [0, 0.05) is 10.6 Å². The zero-order valence-corrected chi connectivity index (χ0v) is 9.10. The van der Waals surface area contributed by atoms with Crippen LogP contribution < -0.4 is 0 Å². The van der Waals surface area contributed by atoms with Gasteiger partial charge in [-0.05, 0) is 17.5 Å². The average Bonchev–Trinajstić information content (AvgIpc) is 2.15. The van der Waals surface area contributed by atoms with Gasteiger partial charge >= 0.3 is 0 Å². The molecular formula is C12H16S. The molecule has 0 bridgehead atoms. The van der Waals surface area contributed by atoms with Crippen molar-refractivity contribution in [1.82, 2.24) is 0 Å². The SMILES string of the molecule is C=CCSc1ccccc1C(C)C. The maximum absolute atomic E-state index is 3.73. The summed E-state index contributed by atoms with van der Waals surface area (Å²) < 4.78 is 0. The third kappa shape index (κ3) is 2.92. The largest absolute Gasteiger partial charge is 0.122 e. The van der Waals surface area contributed by atoms with E-state index in [1.807, 2.05) is 17.8 Å². The van der Waals surface area contributed by atoms with Crippen LogP contribution in [0.25, 0.3) is 0 Å². The molecule has 0 N–H and O–H groups in total. The van der Waals surface area contributed by atoms with Crippen LogP contribution in [0.5, 0.6) is 0 Å². The number of rotatable bonds is 4. The number of hydrogen-bond donors (Lipinski definition) is 0. The van der Waals surface area contributed by atoms with Crippen molar-refractivity contribution in [3.8, 4) is 0 Å². The molecule has 70 valence electrons. The fourth-order valence-electron chi connectivity index (χ4n) is 1.24. The summed E-state index contributed by atoms with van der Waals surface area (Å²) in [5, 5.41) is 0. The van der Waals surface area contributed by atoms with Crippen LogP contribution in [0.15, 0.2) is 41.8 Å². The molecule has 0 aliphatic carbocycles. The normalized spacial score (nSPS) is 10.4. The molecule has 1 heteroatoms. The number of hydrogen-bond acceptors (Lipinski definition) is 1. The Bertz CT molecular complexity index is 276. The van der Waals surface area contributed by atoms with Crippen LogP contribution in [-0.2, 0) is 0 Å². The van der Waals surface area contributed by atoms with Crippen molar-refractivity contribution in [2.24, 2.45) is 0 Å². The Balaban J connectivity index is 2.84. The molecule has 0 radical (unpaired) electrons. The molecule has 13 heavy (non-hydrogen) atoms. The highest BCUT2D eigenvalue weighted by atomic mass is 32.2. The van der Waals surface area contributed by atoms with Crippen LogP contribution in [0.1, 0.15) is 25.3 Å². The summed E-state index contributed by atoms with van der Waals surface area (Å²) in [7, 11) is 0. The summed E-state index contributed by atoms with van der Waals surface area (Å²) in [4.78, 5) is 1.39. The van der Waals surface area contributed by atoms with E-state index in [9.17, 15) is 0 Å². The van der Waals surface area contributed by atoms with E-state index in [-0.39, 0.29) is 0 Å². The first-order valence-electron chi connectivity index (χ1n) is 4.58. The number of thioether (sulfide) groups is 1. The molecule has 0 saturated carbocycles. The summed E-state index contributed by atoms with van der Waals surface area (Å²) in [5.74, 6) is 1.59. The first-order chi connectivity index (χ1) is 6.25. The lowest BCUT2D eigenvalue weighted by atomic mass is 10.0. The fourth-order valence-corrected chi connectivity index (χ4v) is 2.18. The predicted octanol–water partition coefficient (Wildman–Crippen LogP) is 4.09. The van der Waals surface area contributed by atoms with E-state index < -0.39 is 0 Å². The summed E-state index contributed by atoms with van der Waals surface area (Å²) in [6.45, 7) is 8.19. The first-order valence-corrected chi connectivity index (χ1v) is 5.57. The number of benzene rings is 1. The van der Waals surface area contributed by atoms with Crippen molar-refractivity contribution in [3.63, 3.8) is 0 Å². The summed E-state index contributed by atoms with van der Waals surface area (Å²) in [6.07, 6.45) is 1.95. The molecule has 1 aromatic carbocycles. The van der Waals surface area contributed by atoms with Crippen LogP contribution >= 0.6 is 11.8 Å². The van der Waals surface area contributed by atoms with Gasteiger partial charge in [-0.1, -0.05) is 38.1 Å². The van der Waals surface area contributed by atoms with Crippen LogP contribution in [0.4, 0.5) is 0 Å². The molecule has 0 aliphatic rings.